The second kappa shape index (κ2) is 3.89. The van der Waals surface area contributed by atoms with Gasteiger partial charge in [0.25, 0.3) is 0 Å². The van der Waals surface area contributed by atoms with Crippen LogP contribution in [-0.2, 0) is 0 Å². The van der Waals surface area contributed by atoms with Crippen molar-refractivity contribution in [3.05, 3.63) is 46.6 Å². The van der Waals surface area contributed by atoms with Crippen LogP contribution in [0.1, 0.15) is 53.5 Å². The van der Waals surface area contributed by atoms with Gasteiger partial charge >= 0.3 is 0 Å². The zero-order chi connectivity index (χ0) is 13.0. The molecule has 0 aliphatic heterocycles. The van der Waals surface area contributed by atoms with Gasteiger partial charge in [0.15, 0.2) is 0 Å². The van der Waals surface area contributed by atoms with Gasteiger partial charge in [-0.1, -0.05) is 18.2 Å². The van der Waals surface area contributed by atoms with Gasteiger partial charge < -0.3 is 0 Å². The first-order valence-corrected chi connectivity index (χ1v) is 7.18. The van der Waals surface area contributed by atoms with Gasteiger partial charge in [-0.3, -0.25) is 0 Å². The van der Waals surface area contributed by atoms with Crippen LogP contribution in [0.3, 0.4) is 0 Å². The molecule has 0 saturated heterocycles. The number of fused-ring (bicyclic) bond motifs is 5. The molecular formula is C17H18N2. The monoisotopic (exact) mass is 250 g/mol. The van der Waals surface area contributed by atoms with E-state index >= 15 is 0 Å². The zero-order valence-corrected chi connectivity index (χ0v) is 11.5. The Morgan fingerprint density at radius 2 is 1.89 bits per heavy atom. The molecule has 0 spiro atoms. The fourth-order valence-electron chi connectivity index (χ4n) is 3.73. The molecule has 2 aliphatic carbocycles. The van der Waals surface area contributed by atoms with Crippen molar-refractivity contribution >= 4 is 0 Å². The summed E-state index contributed by atoms with van der Waals surface area (Å²) in [5.74, 6) is 1.44. The van der Waals surface area contributed by atoms with E-state index < -0.39 is 0 Å². The van der Waals surface area contributed by atoms with Gasteiger partial charge in [-0.25, -0.2) is 0 Å². The smallest absolute Gasteiger partial charge is 0.0935 e. The molecule has 1 fully saturated rings. The van der Waals surface area contributed by atoms with E-state index in [1.54, 1.807) is 0 Å². The number of nitrogens with zero attached hydrogens (tertiary/aromatic N) is 2. The van der Waals surface area contributed by atoms with Crippen molar-refractivity contribution in [2.45, 2.75) is 44.9 Å². The molecule has 2 atom stereocenters. The highest BCUT2D eigenvalue weighted by atomic mass is 15.1. The molecule has 0 amide bonds. The lowest BCUT2D eigenvalue weighted by molar-refractivity contribution is 0.681. The summed E-state index contributed by atoms with van der Waals surface area (Å²) >= 11 is 0. The van der Waals surface area contributed by atoms with E-state index in [1.807, 2.05) is 0 Å². The minimum Gasteiger partial charge on any atom is -0.154 e. The summed E-state index contributed by atoms with van der Waals surface area (Å²) in [5, 5.41) is 9.03. The maximum absolute atomic E-state index is 4.54. The quantitative estimate of drug-likeness (QED) is 0.760. The van der Waals surface area contributed by atoms with E-state index in [1.165, 1.54) is 47.2 Å². The summed E-state index contributed by atoms with van der Waals surface area (Å²) in [7, 11) is 0. The Morgan fingerprint density at radius 1 is 1.05 bits per heavy atom. The van der Waals surface area contributed by atoms with Crippen molar-refractivity contribution < 1.29 is 0 Å². The molecule has 2 unspecified atom stereocenters. The number of aryl methyl sites for hydroxylation is 1. The highest BCUT2D eigenvalue weighted by Gasteiger charge is 2.38. The third-order valence-corrected chi connectivity index (χ3v) is 4.99. The molecule has 2 aromatic rings. The average Bonchev–Trinajstić information content (AvgIpc) is 3.03. The standard InChI is InChI=1S/C17H18N2/c1-10-4-3-5-14(11(10)2)16-9-15-12-6-7-13(8-12)17(15)19-18-16/h3-5,9,12-13H,6-8H2,1-2H3. The third-order valence-electron chi connectivity index (χ3n) is 4.99. The fraction of sp³-hybridized carbons (Fsp3) is 0.412. The Labute approximate surface area is 113 Å². The molecule has 1 aromatic carbocycles. The minimum absolute atomic E-state index is 0.695. The van der Waals surface area contributed by atoms with Gasteiger partial charge in [0.05, 0.1) is 11.4 Å². The fourth-order valence-corrected chi connectivity index (χ4v) is 3.73. The normalized spacial score (nSPS) is 23.7. The van der Waals surface area contributed by atoms with E-state index in [0.717, 1.165) is 11.6 Å². The van der Waals surface area contributed by atoms with Crippen LogP contribution in [0, 0.1) is 13.8 Å². The molecule has 96 valence electrons. The molecule has 0 N–H and O–H groups in total. The van der Waals surface area contributed by atoms with E-state index in [2.05, 4.69) is 48.3 Å². The minimum atomic E-state index is 0.695. The van der Waals surface area contributed by atoms with Gasteiger partial charge in [-0.15, -0.1) is 0 Å². The number of hydrogen-bond acceptors (Lipinski definition) is 2. The molecule has 2 nitrogen and oxygen atoms in total. The molecule has 1 saturated carbocycles. The molecule has 1 aromatic heterocycles. The summed E-state index contributed by atoms with van der Waals surface area (Å²) in [6.07, 6.45) is 3.96. The average molecular weight is 250 g/mol. The Morgan fingerprint density at radius 3 is 2.79 bits per heavy atom. The summed E-state index contributed by atoms with van der Waals surface area (Å²) in [4.78, 5) is 0. The molecule has 19 heavy (non-hydrogen) atoms. The van der Waals surface area contributed by atoms with Crippen molar-refractivity contribution in [3.8, 4) is 11.3 Å². The first-order valence-electron chi connectivity index (χ1n) is 7.18. The molecule has 2 aliphatic rings. The summed E-state index contributed by atoms with van der Waals surface area (Å²) < 4.78 is 0. The van der Waals surface area contributed by atoms with Gasteiger partial charge in [-0.05, 0) is 61.8 Å². The van der Waals surface area contributed by atoms with Crippen molar-refractivity contribution in [1.29, 1.82) is 0 Å². The van der Waals surface area contributed by atoms with Crippen LogP contribution >= 0.6 is 0 Å². The Kier molecular flexibility index (Phi) is 2.29. The maximum Gasteiger partial charge on any atom is 0.0935 e. The third kappa shape index (κ3) is 1.55. The maximum atomic E-state index is 4.54. The van der Waals surface area contributed by atoms with Gasteiger partial charge in [0.1, 0.15) is 0 Å². The Hall–Kier alpha value is -1.70. The van der Waals surface area contributed by atoms with Crippen molar-refractivity contribution in [2.24, 2.45) is 0 Å². The van der Waals surface area contributed by atoms with E-state index in [-0.39, 0.29) is 0 Å². The molecule has 1 heterocycles. The van der Waals surface area contributed by atoms with Crippen molar-refractivity contribution in [3.63, 3.8) is 0 Å². The number of rotatable bonds is 1. The van der Waals surface area contributed by atoms with Crippen molar-refractivity contribution in [2.75, 3.05) is 0 Å². The first-order chi connectivity index (χ1) is 9.24. The van der Waals surface area contributed by atoms with Crippen LogP contribution in [0.4, 0.5) is 0 Å². The Balaban J connectivity index is 1.85. The molecule has 0 radical (unpaired) electrons. The molecule has 2 heteroatoms. The lowest BCUT2D eigenvalue weighted by Gasteiger charge is -2.15. The highest BCUT2D eigenvalue weighted by Crippen LogP contribution is 2.52. The van der Waals surface area contributed by atoms with E-state index in [0.29, 0.717) is 5.92 Å². The van der Waals surface area contributed by atoms with Gasteiger partial charge in [-0.2, -0.15) is 10.2 Å². The lowest BCUT2D eigenvalue weighted by Crippen LogP contribution is -2.04. The summed E-state index contributed by atoms with van der Waals surface area (Å²) in [6, 6.07) is 8.72. The second-order valence-corrected chi connectivity index (χ2v) is 6.02. The van der Waals surface area contributed by atoms with Crippen LogP contribution < -0.4 is 0 Å². The van der Waals surface area contributed by atoms with Crippen LogP contribution in [-0.4, -0.2) is 10.2 Å². The predicted octanol–water partition coefficient (Wildman–Crippen LogP) is 4.13. The molecule has 4 rings (SSSR count). The second-order valence-electron chi connectivity index (χ2n) is 6.02. The lowest BCUT2D eigenvalue weighted by atomic mass is 9.94. The predicted molar refractivity (Wildman–Crippen MR) is 76.3 cm³/mol. The first kappa shape index (κ1) is 11.2. The number of benzene rings is 1. The Bertz CT molecular complexity index is 660. The van der Waals surface area contributed by atoms with Crippen LogP contribution in [0.15, 0.2) is 24.3 Å². The SMILES string of the molecule is Cc1cccc(-c2cc3c(nn2)C2CCC3C2)c1C. The molecule has 2 bridgehead atoms. The molecular weight excluding hydrogens is 232 g/mol. The van der Waals surface area contributed by atoms with Gasteiger partial charge in [0, 0.05) is 11.5 Å². The summed E-state index contributed by atoms with van der Waals surface area (Å²) in [5.41, 5.74) is 7.68. The number of hydrogen-bond donors (Lipinski definition) is 0. The van der Waals surface area contributed by atoms with Gasteiger partial charge in [0.2, 0.25) is 0 Å². The van der Waals surface area contributed by atoms with Crippen LogP contribution in [0.5, 0.6) is 0 Å². The van der Waals surface area contributed by atoms with E-state index in [9.17, 15) is 0 Å². The summed E-state index contributed by atoms with van der Waals surface area (Å²) in [6.45, 7) is 4.33. The topological polar surface area (TPSA) is 25.8 Å². The van der Waals surface area contributed by atoms with Crippen LogP contribution in [0.25, 0.3) is 11.3 Å². The number of aromatic nitrogens is 2. The highest BCUT2D eigenvalue weighted by molar-refractivity contribution is 5.65. The van der Waals surface area contributed by atoms with Crippen molar-refractivity contribution in [1.82, 2.24) is 10.2 Å². The zero-order valence-electron chi connectivity index (χ0n) is 11.5. The van der Waals surface area contributed by atoms with E-state index in [4.69, 9.17) is 0 Å². The van der Waals surface area contributed by atoms with Crippen LogP contribution in [0.2, 0.25) is 0 Å². The largest absolute Gasteiger partial charge is 0.154 e.